The van der Waals surface area contributed by atoms with Gasteiger partial charge in [-0.25, -0.2) is 0 Å². The Balaban J connectivity index is 2.23. The second-order valence-electron chi connectivity index (χ2n) is 5.33. The molecule has 1 fully saturated rings. The van der Waals surface area contributed by atoms with Crippen molar-refractivity contribution in [3.8, 4) is 0 Å². The van der Waals surface area contributed by atoms with Crippen LogP contribution in [0.1, 0.15) is 37.7 Å². The Morgan fingerprint density at radius 1 is 1.40 bits per heavy atom. The van der Waals surface area contributed by atoms with Gasteiger partial charge in [-0.3, -0.25) is 9.78 Å². The number of hydrogen-bond donors (Lipinski definition) is 3. The summed E-state index contributed by atoms with van der Waals surface area (Å²) in [5.41, 5.74) is 6.48. The molecule has 4 N–H and O–H groups in total. The van der Waals surface area contributed by atoms with Crippen molar-refractivity contribution >= 4 is 17.4 Å². The Labute approximate surface area is 118 Å². The molecular weight excluding hydrogens is 256 g/mol. The predicted molar refractivity (Wildman–Crippen MR) is 76.5 cm³/mol. The number of amides is 1. The van der Waals surface area contributed by atoms with Crippen LogP contribution in [-0.2, 0) is 4.79 Å². The molecule has 6 heteroatoms. The average molecular weight is 276 g/mol. The lowest BCUT2D eigenvalue weighted by Crippen LogP contribution is -2.48. The average Bonchev–Trinajstić information content (AvgIpc) is 2.47. The molecule has 1 amide bonds. The van der Waals surface area contributed by atoms with Crippen molar-refractivity contribution in [2.24, 2.45) is 16.3 Å². The molecule has 1 aliphatic carbocycles. The predicted octanol–water partition coefficient (Wildman–Crippen LogP) is 2.03. The normalized spacial score (nSPS) is 18.6. The molecule has 0 spiro atoms. The molecule has 0 bridgehead atoms. The molecule has 6 nitrogen and oxygen atoms in total. The smallest absolute Gasteiger partial charge is 0.238 e. The Kier molecular flexibility index (Phi) is 4.22. The summed E-state index contributed by atoms with van der Waals surface area (Å²) in [5.74, 6) is -0.227. The van der Waals surface area contributed by atoms with Crippen LogP contribution >= 0.6 is 0 Å². The van der Waals surface area contributed by atoms with Crippen LogP contribution in [0.2, 0.25) is 0 Å². The number of rotatable bonds is 3. The second-order valence-corrected chi connectivity index (χ2v) is 5.33. The van der Waals surface area contributed by atoms with Crippen LogP contribution in [0.5, 0.6) is 0 Å². The number of hydrogen-bond acceptors (Lipinski definition) is 4. The molecule has 0 saturated heterocycles. The molecule has 1 aromatic rings. The van der Waals surface area contributed by atoms with Crippen LogP contribution in [0.3, 0.4) is 0 Å². The molecule has 0 unspecified atom stereocenters. The fourth-order valence-corrected chi connectivity index (χ4v) is 2.72. The molecule has 0 aromatic carbocycles. The summed E-state index contributed by atoms with van der Waals surface area (Å²) in [5, 5.41) is 14.9. The van der Waals surface area contributed by atoms with E-state index in [0.717, 1.165) is 24.8 Å². The lowest BCUT2D eigenvalue weighted by atomic mass is 9.72. The summed E-state index contributed by atoms with van der Waals surface area (Å²) in [4.78, 5) is 16.6. The van der Waals surface area contributed by atoms with Gasteiger partial charge in [0.05, 0.1) is 11.9 Å². The van der Waals surface area contributed by atoms with E-state index < -0.39 is 5.41 Å². The second kappa shape index (κ2) is 5.90. The number of nitrogens with two attached hydrogens (primary N) is 1. The van der Waals surface area contributed by atoms with Crippen molar-refractivity contribution < 1.29 is 10.0 Å². The first-order valence-corrected chi connectivity index (χ1v) is 6.79. The zero-order valence-electron chi connectivity index (χ0n) is 11.6. The van der Waals surface area contributed by atoms with E-state index >= 15 is 0 Å². The van der Waals surface area contributed by atoms with E-state index in [1.807, 2.05) is 13.0 Å². The van der Waals surface area contributed by atoms with E-state index in [4.69, 9.17) is 10.9 Å². The molecule has 0 aliphatic heterocycles. The topological polar surface area (TPSA) is 101 Å². The first-order chi connectivity index (χ1) is 9.58. The third-order valence-electron chi connectivity index (χ3n) is 3.87. The standard InChI is InChI=1S/C14H20N4O2/c1-10-7-11(9-16-8-10)17-13(19)14(12(15)18-20)5-3-2-4-6-14/h7-9,20H,2-6H2,1H3,(H2,15,18)(H,17,19). The minimum Gasteiger partial charge on any atom is -0.409 e. The van der Waals surface area contributed by atoms with Crippen molar-refractivity contribution in [3.05, 3.63) is 24.0 Å². The summed E-state index contributed by atoms with van der Waals surface area (Å²) in [6.45, 7) is 1.91. The Morgan fingerprint density at radius 2 is 2.10 bits per heavy atom. The maximum Gasteiger partial charge on any atom is 0.238 e. The van der Waals surface area contributed by atoms with Crippen LogP contribution in [0.15, 0.2) is 23.6 Å². The molecule has 2 rings (SSSR count). The lowest BCUT2D eigenvalue weighted by Gasteiger charge is -2.34. The largest absolute Gasteiger partial charge is 0.409 e. The van der Waals surface area contributed by atoms with Crippen LogP contribution in [-0.4, -0.2) is 21.9 Å². The van der Waals surface area contributed by atoms with Gasteiger partial charge in [0, 0.05) is 6.20 Å². The summed E-state index contributed by atoms with van der Waals surface area (Å²) in [6, 6.07) is 1.84. The van der Waals surface area contributed by atoms with Crippen LogP contribution in [0.4, 0.5) is 5.69 Å². The van der Waals surface area contributed by atoms with Crippen LogP contribution in [0.25, 0.3) is 0 Å². The molecule has 20 heavy (non-hydrogen) atoms. The van der Waals surface area contributed by atoms with Gasteiger partial charge in [0.25, 0.3) is 0 Å². The zero-order valence-corrected chi connectivity index (χ0v) is 11.6. The summed E-state index contributed by atoms with van der Waals surface area (Å²) in [6.07, 6.45) is 7.39. The third-order valence-corrected chi connectivity index (χ3v) is 3.87. The van der Waals surface area contributed by atoms with E-state index in [1.54, 1.807) is 12.4 Å². The number of carbonyl (C=O) groups is 1. The van der Waals surface area contributed by atoms with Gasteiger partial charge in [0.15, 0.2) is 5.84 Å². The summed E-state index contributed by atoms with van der Waals surface area (Å²) in [7, 11) is 0. The molecule has 0 radical (unpaired) electrons. The van der Waals surface area contributed by atoms with E-state index in [2.05, 4.69) is 15.5 Å². The van der Waals surface area contributed by atoms with E-state index in [1.165, 1.54) is 0 Å². The number of oxime groups is 1. The van der Waals surface area contributed by atoms with Crippen molar-refractivity contribution in [1.82, 2.24) is 4.98 Å². The Hall–Kier alpha value is -2.11. The number of nitrogens with zero attached hydrogens (tertiary/aromatic N) is 2. The van der Waals surface area contributed by atoms with Crippen molar-refractivity contribution in [3.63, 3.8) is 0 Å². The highest BCUT2D eigenvalue weighted by molar-refractivity contribution is 6.11. The molecule has 1 aliphatic rings. The number of carbonyl (C=O) groups excluding carboxylic acids is 1. The Morgan fingerprint density at radius 3 is 2.70 bits per heavy atom. The van der Waals surface area contributed by atoms with Crippen molar-refractivity contribution in [1.29, 1.82) is 0 Å². The number of aromatic nitrogens is 1. The lowest BCUT2D eigenvalue weighted by molar-refractivity contribution is -0.123. The monoisotopic (exact) mass is 276 g/mol. The fourth-order valence-electron chi connectivity index (χ4n) is 2.72. The molecule has 0 atom stereocenters. The third kappa shape index (κ3) is 2.74. The molecular formula is C14H20N4O2. The number of nitrogens with one attached hydrogen (secondary N) is 1. The van der Waals surface area contributed by atoms with Gasteiger partial charge < -0.3 is 16.3 Å². The maximum atomic E-state index is 12.6. The fraction of sp³-hybridized carbons (Fsp3) is 0.500. The Bertz CT molecular complexity index is 522. The van der Waals surface area contributed by atoms with Gasteiger partial charge >= 0.3 is 0 Å². The van der Waals surface area contributed by atoms with Gasteiger partial charge in [-0.05, 0) is 31.4 Å². The van der Waals surface area contributed by atoms with Gasteiger partial charge in [-0.15, -0.1) is 0 Å². The van der Waals surface area contributed by atoms with Gasteiger partial charge in [-0.2, -0.15) is 0 Å². The van der Waals surface area contributed by atoms with E-state index in [-0.39, 0.29) is 11.7 Å². The number of amidine groups is 1. The highest BCUT2D eigenvalue weighted by Gasteiger charge is 2.43. The quantitative estimate of drug-likeness (QED) is 0.340. The van der Waals surface area contributed by atoms with Gasteiger partial charge in [0.2, 0.25) is 5.91 Å². The molecule has 1 aromatic heterocycles. The molecule has 108 valence electrons. The highest BCUT2D eigenvalue weighted by Crippen LogP contribution is 2.37. The van der Waals surface area contributed by atoms with Crippen molar-refractivity contribution in [2.75, 3.05) is 5.32 Å². The van der Waals surface area contributed by atoms with Crippen LogP contribution < -0.4 is 11.1 Å². The summed E-state index contributed by atoms with van der Waals surface area (Å²) < 4.78 is 0. The van der Waals surface area contributed by atoms with Crippen LogP contribution in [0, 0.1) is 12.3 Å². The van der Waals surface area contributed by atoms with Gasteiger partial charge in [0.1, 0.15) is 5.41 Å². The number of anilines is 1. The molecule has 1 saturated carbocycles. The molecule has 1 heterocycles. The minimum atomic E-state index is -0.906. The zero-order chi connectivity index (χ0) is 14.6. The number of pyridine rings is 1. The van der Waals surface area contributed by atoms with Crippen molar-refractivity contribution in [2.45, 2.75) is 39.0 Å². The van der Waals surface area contributed by atoms with E-state index in [0.29, 0.717) is 18.5 Å². The van der Waals surface area contributed by atoms with Gasteiger partial charge in [-0.1, -0.05) is 24.4 Å². The number of aryl methyl sites for hydroxylation is 1. The minimum absolute atomic E-state index is 0.00434. The maximum absolute atomic E-state index is 12.6. The summed E-state index contributed by atoms with van der Waals surface area (Å²) >= 11 is 0. The first kappa shape index (κ1) is 14.3. The highest BCUT2D eigenvalue weighted by atomic mass is 16.4. The van der Waals surface area contributed by atoms with E-state index in [9.17, 15) is 4.79 Å². The first-order valence-electron chi connectivity index (χ1n) is 6.79. The SMILES string of the molecule is Cc1cncc(NC(=O)C2(/C(N)=N/O)CCCCC2)c1.